The van der Waals surface area contributed by atoms with Gasteiger partial charge in [0.2, 0.25) is 5.91 Å². The number of hydrogen-bond donors (Lipinski definition) is 4. The number of ether oxygens (including phenoxy) is 2. The molecule has 50 heavy (non-hydrogen) atoms. The van der Waals surface area contributed by atoms with E-state index in [1.165, 1.54) is 0 Å². The Morgan fingerprint density at radius 1 is 0.860 bits per heavy atom. The molecule has 3 aliphatic rings. The fourth-order valence-corrected chi connectivity index (χ4v) is 7.40. The van der Waals surface area contributed by atoms with Gasteiger partial charge in [-0.2, -0.15) is 0 Å². The van der Waals surface area contributed by atoms with E-state index < -0.39 is 11.8 Å². The Labute approximate surface area is 293 Å². The summed E-state index contributed by atoms with van der Waals surface area (Å²) in [7, 11) is 0. The molecule has 0 saturated carbocycles. The highest BCUT2D eigenvalue weighted by Crippen LogP contribution is 2.43. The number of rotatable bonds is 9. The Balaban J connectivity index is 1.04. The van der Waals surface area contributed by atoms with Crippen LogP contribution in [0.2, 0.25) is 0 Å². The van der Waals surface area contributed by atoms with E-state index in [0.717, 1.165) is 53.9 Å². The molecule has 7 rings (SSSR count). The summed E-state index contributed by atoms with van der Waals surface area (Å²) >= 11 is 0. The molecule has 0 radical (unpaired) electrons. The molecule has 4 aromatic carbocycles. The zero-order valence-electron chi connectivity index (χ0n) is 28.3. The van der Waals surface area contributed by atoms with Crippen LogP contribution in [-0.4, -0.2) is 59.9 Å². The van der Waals surface area contributed by atoms with Gasteiger partial charge < -0.3 is 40.3 Å². The topological polar surface area (TPSA) is 115 Å². The highest BCUT2D eigenvalue weighted by Gasteiger charge is 2.51. The molecule has 3 amide bonds. The van der Waals surface area contributed by atoms with Gasteiger partial charge in [0.05, 0.1) is 25.5 Å². The van der Waals surface area contributed by atoms with Crippen LogP contribution >= 0.6 is 0 Å². The van der Waals surface area contributed by atoms with E-state index >= 15 is 0 Å². The summed E-state index contributed by atoms with van der Waals surface area (Å²) in [4.78, 5) is 30.5. The predicted molar refractivity (Wildman–Crippen MR) is 192 cm³/mol. The van der Waals surface area contributed by atoms with Crippen molar-refractivity contribution in [3.63, 3.8) is 0 Å². The van der Waals surface area contributed by atoms with E-state index in [4.69, 9.17) is 9.47 Å². The maximum Gasteiger partial charge on any atom is 0.319 e. The Hall–Kier alpha value is -4.74. The van der Waals surface area contributed by atoms with Crippen LogP contribution in [0.25, 0.3) is 0 Å². The van der Waals surface area contributed by atoms with Crippen LogP contribution in [0.15, 0.2) is 109 Å². The molecule has 260 valence electrons. The predicted octanol–water partition coefficient (Wildman–Crippen LogP) is 5.72. The molecule has 3 fully saturated rings. The number of carbonyl (C=O) groups is 2. The quantitative estimate of drug-likeness (QED) is 0.180. The molecule has 4 atom stereocenters. The Morgan fingerprint density at radius 2 is 1.52 bits per heavy atom. The molecule has 10 nitrogen and oxygen atoms in total. The van der Waals surface area contributed by atoms with Crippen molar-refractivity contribution >= 4 is 23.3 Å². The van der Waals surface area contributed by atoms with Gasteiger partial charge in [0.1, 0.15) is 5.54 Å². The fraction of sp³-hybridized carbons (Fsp3) is 0.350. The van der Waals surface area contributed by atoms with Crippen molar-refractivity contribution in [2.24, 2.45) is 5.92 Å². The van der Waals surface area contributed by atoms with Crippen molar-refractivity contribution in [2.45, 2.75) is 57.0 Å². The molecule has 3 aliphatic heterocycles. The highest BCUT2D eigenvalue weighted by atomic mass is 16.7. The summed E-state index contributed by atoms with van der Waals surface area (Å²) in [5.41, 5.74) is 4.93. The third-order valence-electron chi connectivity index (χ3n) is 10.4. The van der Waals surface area contributed by atoms with Crippen molar-refractivity contribution in [3.8, 4) is 0 Å². The largest absolute Gasteiger partial charge is 0.392 e. The summed E-state index contributed by atoms with van der Waals surface area (Å²) in [5.74, 6) is 0.140. The molecule has 0 aromatic heterocycles. The number of nitrogens with one attached hydrogen (secondary N) is 3. The van der Waals surface area contributed by atoms with E-state index in [-0.39, 0.29) is 36.7 Å². The molecule has 3 heterocycles. The second-order valence-corrected chi connectivity index (χ2v) is 13.5. The van der Waals surface area contributed by atoms with E-state index in [1.807, 2.05) is 97.1 Å². The third-order valence-corrected chi connectivity index (χ3v) is 10.4. The number of hydrogen-bond acceptors (Lipinski definition) is 7. The lowest BCUT2D eigenvalue weighted by molar-refractivity contribution is -0.276. The van der Waals surface area contributed by atoms with Crippen LogP contribution in [0, 0.1) is 5.92 Å². The number of piperidine rings is 1. The lowest BCUT2D eigenvalue weighted by atomic mass is 9.84. The normalized spacial score (nSPS) is 23.4. The average molecular weight is 676 g/mol. The Kier molecular flexibility index (Phi) is 10.1. The van der Waals surface area contributed by atoms with Crippen LogP contribution in [0.3, 0.4) is 0 Å². The van der Waals surface area contributed by atoms with E-state index in [9.17, 15) is 14.7 Å². The van der Waals surface area contributed by atoms with E-state index in [1.54, 1.807) is 0 Å². The first kappa shape index (κ1) is 33.7. The van der Waals surface area contributed by atoms with Crippen molar-refractivity contribution in [1.29, 1.82) is 0 Å². The van der Waals surface area contributed by atoms with Crippen molar-refractivity contribution in [1.82, 2.24) is 15.5 Å². The smallest absolute Gasteiger partial charge is 0.319 e. The highest BCUT2D eigenvalue weighted by molar-refractivity contribution is 5.93. The summed E-state index contributed by atoms with van der Waals surface area (Å²) in [5, 5.41) is 18.5. The van der Waals surface area contributed by atoms with E-state index in [0.29, 0.717) is 25.4 Å². The summed E-state index contributed by atoms with van der Waals surface area (Å²) in [6.07, 6.45) is 0.459. The molecule has 4 aromatic rings. The van der Waals surface area contributed by atoms with Crippen LogP contribution < -0.4 is 20.9 Å². The van der Waals surface area contributed by atoms with Crippen molar-refractivity contribution in [2.75, 3.05) is 36.5 Å². The van der Waals surface area contributed by atoms with Crippen LogP contribution in [0.5, 0.6) is 0 Å². The number of urea groups is 1. The van der Waals surface area contributed by atoms with Crippen LogP contribution in [0.1, 0.15) is 54.4 Å². The van der Waals surface area contributed by atoms with Crippen molar-refractivity contribution < 1.29 is 24.2 Å². The molecule has 0 bridgehead atoms. The van der Waals surface area contributed by atoms with Gasteiger partial charge in [-0.1, -0.05) is 91.9 Å². The number of carbonyl (C=O) groups excluding carboxylic acids is 2. The van der Waals surface area contributed by atoms with E-state index in [2.05, 4.69) is 44.8 Å². The first-order valence-corrected chi connectivity index (χ1v) is 17.4. The van der Waals surface area contributed by atoms with Crippen molar-refractivity contribution in [3.05, 3.63) is 131 Å². The second kappa shape index (κ2) is 15.0. The fourth-order valence-electron chi connectivity index (χ4n) is 7.40. The molecule has 4 N–H and O–H groups in total. The minimum Gasteiger partial charge on any atom is -0.392 e. The van der Waals surface area contributed by atoms with Gasteiger partial charge in [-0.05, 0) is 53.8 Å². The number of para-hydroxylation sites is 1. The second-order valence-electron chi connectivity index (χ2n) is 13.5. The third kappa shape index (κ3) is 7.25. The summed E-state index contributed by atoms with van der Waals surface area (Å²) in [6.45, 7) is 5.36. The van der Waals surface area contributed by atoms with Gasteiger partial charge in [-0.25, -0.2) is 4.79 Å². The van der Waals surface area contributed by atoms with Gasteiger partial charge in [0.25, 0.3) is 0 Å². The first-order chi connectivity index (χ1) is 24.4. The number of benzene rings is 4. The number of likely N-dealkylation sites (tertiary alicyclic amines) is 1. The number of nitrogens with zero attached hydrogens (tertiary/aromatic N) is 2. The van der Waals surface area contributed by atoms with Gasteiger partial charge in [0.15, 0.2) is 6.29 Å². The SMILES string of the molecule is CC1C(CN2CCC3(CC2)C(=O)NCN3c2ccccc2)OC(c2ccc(NC(=O)NCc3ccccc3)cc2)OC1c1ccc(CO)cc1. The lowest BCUT2D eigenvalue weighted by Crippen LogP contribution is -2.57. The minimum atomic E-state index is -0.620. The molecule has 0 aliphatic carbocycles. The van der Waals surface area contributed by atoms with Crippen LogP contribution in [-0.2, 0) is 27.4 Å². The maximum atomic E-state index is 13.2. The first-order valence-electron chi connectivity index (χ1n) is 17.4. The molecular weight excluding hydrogens is 630 g/mol. The summed E-state index contributed by atoms with van der Waals surface area (Å²) in [6, 6.07) is 35.2. The Bertz CT molecular complexity index is 1730. The van der Waals surface area contributed by atoms with Gasteiger partial charge in [-0.15, -0.1) is 0 Å². The van der Waals surface area contributed by atoms with Gasteiger partial charge >= 0.3 is 6.03 Å². The molecule has 4 unspecified atom stereocenters. The lowest BCUT2D eigenvalue weighted by Gasteiger charge is -2.46. The number of amides is 3. The molecule has 3 saturated heterocycles. The monoisotopic (exact) mass is 675 g/mol. The zero-order valence-corrected chi connectivity index (χ0v) is 28.3. The zero-order chi connectivity index (χ0) is 34.5. The Morgan fingerprint density at radius 3 is 2.20 bits per heavy atom. The standard InChI is InChI=1S/C40H45N5O5/c1-28-35(25-44-22-20-40(21-23-44)38(47)42-27-45(40)34-10-6-3-7-11-34)49-37(50-36(28)31-14-12-30(26-46)13-15-31)32-16-18-33(19-17-32)43-39(48)41-24-29-8-4-2-5-9-29/h2-19,28,35-37,46H,20-27H2,1H3,(H,42,47)(H2,41,43,48). The molecular formula is C40H45N5O5. The van der Waals surface area contributed by atoms with Gasteiger partial charge in [-0.3, -0.25) is 4.79 Å². The van der Waals surface area contributed by atoms with Gasteiger partial charge in [0, 0.05) is 49.0 Å². The number of aliphatic hydroxyl groups is 1. The molecule has 10 heteroatoms. The molecule has 1 spiro atoms. The number of anilines is 2. The summed E-state index contributed by atoms with van der Waals surface area (Å²) < 4.78 is 13.4. The maximum absolute atomic E-state index is 13.2. The minimum absolute atomic E-state index is 0.0173. The number of aliphatic hydroxyl groups excluding tert-OH is 1. The van der Waals surface area contributed by atoms with Crippen LogP contribution in [0.4, 0.5) is 16.2 Å². The average Bonchev–Trinajstić information content (AvgIpc) is 3.48.